The van der Waals surface area contributed by atoms with E-state index in [0.717, 1.165) is 95.8 Å². The highest BCUT2D eigenvalue weighted by molar-refractivity contribution is 7.93. The summed E-state index contributed by atoms with van der Waals surface area (Å²) in [5, 5.41) is 106. The number of azo groups is 1. The first-order chi connectivity index (χ1) is 66.0. The fourth-order valence-electron chi connectivity index (χ4n) is 15.3. The Morgan fingerprint density at radius 3 is 1.27 bits per heavy atom. The van der Waals surface area contributed by atoms with Crippen molar-refractivity contribution in [3.05, 3.63) is 23.1 Å². The summed E-state index contributed by atoms with van der Waals surface area (Å²) in [4.78, 5) is 47.1. The van der Waals surface area contributed by atoms with Crippen LogP contribution in [0.1, 0.15) is 430 Å². The van der Waals surface area contributed by atoms with Crippen molar-refractivity contribution in [3.63, 3.8) is 0 Å². The van der Waals surface area contributed by atoms with E-state index in [1.54, 1.807) is 31.7 Å². The summed E-state index contributed by atoms with van der Waals surface area (Å²) in [6.07, 6.45) is 14.7. The molecule has 0 bridgehead atoms. The van der Waals surface area contributed by atoms with Gasteiger partial charge in [0.15, 0.2) is 17.5 Å². The molecule has 0 radical (unpaired) electrons. The standard InChI is InChI=1S/C14H27NO2.C14H28O2.C13H25NO2.C12H22N2O3S.C11H20N2O4S.C10H21NO3S.C10H22O3.C9H17N3O.C9H21NO3S.C7H16/c1-13(2,3)11-7-9-15(10-8-11)12(16)17-14(4,5)6;1-6-14(5,11-15)10-12(16)8-7-9-13(2,3)4;1-10-8-14(9-11(10)15)12(16)6-5-7-13(2,3)4;1-9-5-6-11(14-9)18(16,17)13-8-10(15)7-12(2,3)4;1-8-10(7-12-17-8)18(15,16)13-6-9(14)5-11(2,3)4;1-10(2,3)6-8(12)7-11-15(13,14)9-4-5-9;1-5-7(11)9(13)8(12)6-10(2,3)4;1-9(2,3)5-7(13)4-8-10-6-11-12-8;1-5-14(12,13)10-7-8(11)6-9(2,3)4;1-5-6-7(2,3)4/h11H,7-10H2,1-6H3;15H,6-11H2,1-5H3;10-11,15H,5-9H2,1-4H3;6,10,13,15H,5,7-8H2,1-4H3;7,9,13-14H,5-6H2,1-4H3;8-9,11-12H,4-7H2,1-3H3;7-9,11-13H,5-6H2,1-4H3;7,13H,4-6H2,1-3H3;8,10-11H,5-7H2,1-4H3;5-6H2,1-4H3. The first kappa shape index (κ1) is 149. The second kappa shape index (κ2) is 66.8. The minimum Gasteiger partial charge on any atom is -0.444 e. The van der Waals surface area contributed by atoms with Gasteiger partial charge in [-0.15, -0.1) is 5.11 Å². The highest BCUT2D eigenvalue weighted by Crippen LogP contribution is 2.37. The molecule has 11 atom stereocenters. The summed E-state index contributed by atoms with van der Waals surface area (Å²) in [6, 6.07) is 0. The van der Waals surface area contributed by atoms with Gasteiger partial charge in [0.05, 0.1) is 66.0 Å². The maximum Gasteiger partial charge on any atom is 0.410 e. The molecular formula is C109H219N11O23S4. The van der Waals surface area contributed by atoms with Crippen molar-refractivity contribution in [1.82, 2.24) is 33.8 Å². The predicted molar refractivity (Wildman–Crippen MR) is 599 cm³/mol. The molecule has 3 fully saturated rings. The van der Waals surface area contributed by atoms with Crippen LogP contribution in [0.25, 0.3) is 0 Å². The number of β-amino-alcohol motifs (C(OH)–C–C–N with tert-alkyl or cyclic N) is 1. The number of ether oxygens (including phenoxy) is 1. The highest BCUT2D eigenvalue weighted by atomic mass is 32.2. The summed E-state index contributed by atoms with van der Waals surface area (Å²) < 4.78 is 112. The molecule has 4 aliphatic heterocycles. The Bertz CT molecular complexity index is 4420. The van der Waals surface area contributed by atoms with Crippen LogP contribution in [-0.4, -0.2) is 266 Å². The SMILES string of the molecule is CC(C)(C)CC(O)CC1=NCN=N1.CC(C)(C)CC(O)CNS(=O)(=O)C1CC1.CC(C)(C)OC(=O)N1CCC(C(C)(C)C)CC1.CC1=NC(S(=O)(=O)NCC(O)CC(C)(C)C)=CC1.CC1CN(C(=O)CCCC(C)(C)C)CC1O.CCC(C)(CO)CC(=O)CCCC(C)(C)C.CCC(O)C(O)C(O)CC(C)(C)C.CCCC(C)(C)C.CCS(=O)(=O)NCC(O)CC(C)(C)C.Cc1oncc1S(=O)(=O)NCC(O)CC(C)(C)C. The third kappa shape index (κ3) is 81.8. The lowest BCUT2D eigenvalue weighted by molar-refractivity contribution is -0.130. The Balaban J connectivity index is -0.000000777. The Labute approximate surface area is 894 Å². The van der Waals surface area contributed by atoms with Gasteiger partial charge in [-0.2, -0.15) is 5.11 Å². The number of nitrogens with one attached hydrogen (secondary N) is 4. The Hall–Kier alpha value is -4.46. The van der Waals surface area contributed by atoms with Crippen LogP contribution in [0.4, 0.5) is 4.79 Å². The molecule has 34 nitrogen and oxygen atoms in total. The normalized spacial score (nSPS) is 18.4. The maximum absolute atomic E-state index is 11.9. The molecule has 0 aromatic carbocycles. The largest absolute Gasteiger partial charge is 0.444 e. The van der Waals surface area contributed by atoms with Crippen LogP contribution in [-0.2, 0) is 54.4 Å². The fraction of sp³-hybridized carbons (Fsp3) is 0.908. The van der Waals surface area contributed by atoms with Crippen LogP contribution in [0, 0.1) is 78.3 Å². The van der Waals surface area contributed by atoms with Crippen LogP contribution in [0.3, 0.4) is 0 Å². The monoisotopic (exact) mass is 2180 g/mol. The number of aryl methyl sites for hydroxylation is 1. The number of sulfonamides is 4. The molecule has 2 amide bonds. The van der Waals surface area contributed by atoms with Gasteiger partial charge in [-0.05, 0) is 222 Å². The van der Waals surface area contributed by atoms with E-state index in [9.17, 15) is 99.1 Å². The topological polar surface area (TPSA) is 529 Å². The molecule has 11 unspecified atom stereocenters. The van der Waals surface area contributed by atoms with Gasteiger partial charge in [0.2, 0.25) is 36.0 Å². The third-order valence-corrected chi connectivity index (χ3v) is 29.8. The zero-order chi connectivity index (χ0) is 116. The van der Waals surface area contributed by atoms with E-state index in [1.807, 2.05) is 150 Å². The number of Topliss-reactive ketones (excluding diaryl/α,β-unsaturated/α-hetero) is 1. The number of hydrogen-bond donors (Lipinski definition) is 14. The number of hydrogen-bond acceptors (Lipinski definition) is 28. The van der Waals surface area contributed by atoms with E-state index < -0.39 is 88.4 Å². The van der Waals surface area contributed by atoms with Crippen molar-refractivity contribution in [2.75, 3.05) is 71.4 Å². The number of piperidine rings is 1. The molecule has 1 aromatic heterocycles. The number of aliphatic imine (C=N–C) groups is 2. The van der Waals surface area contributed by atoms with E-state index in [1.165, 1.54) is 19.8 Å². The molecule has 1 aliphatic carbocycles. The lowest BCUT2D eigenvalue weighted by Crippen LogP contribution is -2.43. The molecule has 38 heteroatoms. The van der Waals surface area contributed by atoms with E-state index in [0.29, 0.717) is 123 Å². The number of likely N-dealkylation sites (tertiary alicyclic amines) is 2. The van der Waals surface area contributed by atoms with Gasteiger partial charge in [0, 0.05) is 103 Å². The number of aromatic nitrogens is 1. The molecular weight excluding hydrogens is 1960 g/mol. The molecule has 5 heterocycles. The predicted octanol–water partition coefficient (Wildman–Crippen LogP) is 19.1. The Kier molecular flexibility index (Phi) is 67.6. The minimum atomic E-state index is -3.66. The summed E-state index contributed by atoms with van der Waals surface area (Å²) in [6.45, 7) is 87.4. The number of carbonyl (C=O) groups excluding carboxylic acids is 3. The number of aliphatic hydroxyl groups excluding tert-OH is 10. The van der Waals surface area contributed by atoms with Crippen molar-refractivity contribution in [1.29, 1.82) is 0 Å². The van der Waals surface area contributed by atoms with E-state index in [2.05, 4.69) is 155 Å². The van der Waals surface area contributed by atoms with Crippen LogP contribution < -0.4 is 18.9 Å². The van der Waals surface area contributed by atoms with Gasteiger partial charge in [-0.25, -0.2) is 67.3 Å². The number of aliphatic hydroxyl groups is 10. The lowest BCUT2D eigenvalue weighted by atomic mass is 9.75. The molecule has 14 N–H and O–H groups in total. The number of amidine groups is 1. The minimum absolute atomic E-state index is 0.00505. The number of allylic oxidation sites excluding steroid dienone is 1. The fourth-order valence-corrected chi connectivity index (χ4v) is 19.7. The van der Waals surface area contributed by atoms with Crippen molar-refractivity contribution in [3.8, 4) is 0 Å². The molecule has 1 saturated carbocycles. The molecule has 6 rings (SSSR count). The van der Waals surface area contributed by atoms with Gasteiger partial charge in [0.25, 0.3) is 10.0 Å². The number of amides is 2. The van der Waals surface area contributed by atoms with Crippen molar-refractivity contribution in [2.45, 2.75) is 502 Å². The highest BCUT2D eigenvalue weighted by Gasteiger charge is 2.38. The summed E-state index contributed by atoms with van der Waals surface area (Å²) >= 11 is 0. The molecule has 1 aromatic rings. The van der Waals surface area contributed by atoms with E-state index in [4.69, 9.17) is 9.26 Å². The maximum atomic E-state index is 11.9. The zero-order valence-corrected chi connectivity index (χ0v) is 103. The van der Waals surface area contributed by atoms with Crippen LogP contribution in [0.5, 0.6) is 0 Å². The van der Waals surface area contributed by atoms with Crippen LogP contribution >= 0.6 is 0 Å². The van der Waals surface area contributed by atoms with E-state index >= 15 is 0 Å². The lowest BCUT2D eigenvalue weighted by Gasteiger charge is -2.39. The molecule has 2 saturated heterocycles. The van der Waals surface area contributed by atoms with Gasteiger partial charge in [0.1, 0.15) is 28.2 Å². The number of carbonyl (C=O) groups is 3. The first-order valence-electron chi connectivity index (χ1n) is 53.5. The second-order valence-corrected chi connectivity index (χ2v) is 61.7. The van der Waals surface area contributed by atoms with Crippen molar-refractivity contribution < 1.29 is 108 Å². The van der Waals surface area contributed by atoms with Gasteiger partial charge >= 0.3 is 6.09 Å². The van der Waals surface area contributed by atoms with E-state index in [-0.39, 0.29) is 128 Å². The first-order valence-corrected chi connectivity index (χ1v) is 59.7. The number of rotatable bonds is 38. The molecule has 147 heavy (non-hydrogen) atoms. The van der Waals surface area contributed by atoms with Gasteiger partial charge in [-0.1, -0.05) is 254 Å². The molecule has 0 spiro atoms. The second-order valence-electron chi connectivity index (χ2n) is 54.1. The van der Waals surface area contributed by atoms with Crippen LogP contribution in [0.15, 0.2) is 46.9 Å². The summed E-state index contributed by atoms with van der Waals surface area (Å²) in [5.74, 6) is 2.39. The average Bonchev–Trinajstić information content (AvgIpc) is 1.64. The zero-order valence-electron chi connectivity index (χ0n) is 99.7. The van der Waals surface area contributed by atoms with Crippen LogP contribution in [0.2, 0.25) is 0 Å². The summed E-state index contributed by atoms with van der Waals surface area (Å²) in [5.41, 5.74) is 1.75. The van der Waals surface area contributed by atoms with Crippen molar-refractivity contribution in [2.24, 2.45) is 91.6 Å². The van der Waals surface area contributed by atoms with Gasteiger partial charge in [-0.3, -0.25) is 9.59 Å². The average molecular weight is 2180 g/mol. The Morgan fingerprint density at radius 2 is 0.939 bits per heavy atom. The molecule has 5 aliphatic rings. The number of nitrogens with zero attached hydrogens (tertiary/aromatic N) is 7. The molecule has 872 valence electrons. The third-order valence-electron chi connectivity index (χ3n) is 23.6. The quantitative estimate of drug-likeness (QED) is 0.0292. The van der Waals surface area contributed by atoms with Gasteiger partial charge < -0.3 is 70.1 Å². The summed E-state index contributed by atoms with van der Waals surface area (Å²) in [7, 11) is -13.6. The van der Waals surface area contributed by atoms with Crippen molar-refractivity contribution >= 4 is 69.4 Å². The smallest absolute Gasteiger partial charge is 0.410 e. The number of ketones is 1. The Morgan fingerprint density at radius 1 is 0.517 bits per heavy atom.